The van der Waals surface area contributed by atoms with Crippen molar-refractivity contribution >= 4 is 51.0 Å². The molecule has 3 aromatic rings. The number of thiophene rings is 1. The van der Waals surface area contributed by atoms with Crippen LogP contribution in [0.5, 0.6) is 0 Å². The third-order valence-electron chi connectivity index (χ3n) is 2.94. The third kappa shape index (κ3) is 3.86. The highest BCUT2D eigenvalue weighted by molar-refractivity contribution is 7.17. The van der Waals surface area contributed by atoms with E-state index in [9.17, 15) is 9.59 Å². The van der Waals surface area contributed by atoms with Crippen molar-refractivity contribution in [3.05, 3.63) is 38.5 Å². The van der Waals surface area contributed by atoms with E-state index >= 15 is 0 Å². The number of nitrogens with one attached hydrogen (secondary N) is 1. The fourth-order valence-electron chi connectivity index (χ4n) is 1.88. The summed E-state index contributed by atoms with van der Waals surface area (Å²) in [6.07, 6.45) is 0. The molecule has 0 aliphatic rings. The van der Waals surface area contributed by atoms with Gasteiger partial charge in [-0.15, -0.1) is 22.7 Å². The van der Waals surface area contributed by atoms with E-state index in [1.165, 1.54) is 29.6 Å². The number of hydrogen-bond acceptors (Lipinski definition) is 8. The van der Waals surface area contributed by atoms with Gasteiger partial charge in [-0.2, -0.15) is 11.3 Å². The molecule has 0 saturated heterocycles. The molecule has 0 aromatic carbocycles. The summed E-state index contributed by atoms with van der Waals surface area (Å²) in [4.78, 5) is 32.3. The maximum atomic E-state index is 12.3. The molecule has 0 bridgehead atoms. The van der Waals surface area contributed by atoms with Gasteiger partial charge in [-0.05, 0) is 18.4 Å². The number of ether oxygens (including phenoxy) is 1. The van der Waals surface area contributed by atoms with Crippen LogP contribution in [0, 0.1) is 6.92 Å². The van der Waals surface area contributed by atoms with Crippen molar-refractivity contribution in [2.24, 2.45) is 0 Å². The summed E-state index contributed by atoms with van der Waals surface area (Å²) in [6, 6.07) is 1.97. The summed E-state index contributed by atoms with van der Waals surface area (Å²) in [5.74, 6) is -0.602. The zero-order valence-electron chi connectivity index (χ0n) is 12.9. The molecule has 124 valence electrons. The summed E-state index contributed by atoms with van der Waals surface area (Å²) in [5, 5.41) is 9.60. The number of aromatic nitrogens is 2. The zero-order valence-corrected chi connectivity index (χ0v) is 15.3. The van der Waals surface area contributed by atoms with Crippen LogP contribution in [0.25, 0.3) is 10.6 Å². The number of carbonyl (C=O) groups excluding carboxylic acids is 2. The number of aryl methyl sites for hydroxylation is 1. The molecule has 1 amide bonds. The van der Waals surface area contributed by atoms with Crippen LogP contribution in [0.3, 0.4) is 0 Å². The maximum Gasteiger partial charge on any atom is 0.350 e. The summed E-state index contributed by atoms with van der Waals surface area (Å²) in [5.41, 5.74) is 2.26. The molecule has 0 spiro atoms. The first-order valence-corrected chi connectivity index (χ1v) is 9.56. The summed E-state index contributed by atoms with van der Waals surface area (Å²) in [6.45, 7) is 3.26. The van der Waals surface area contributed by atoms with Crippen molar-refractivity contribution in [3.63, 3.8) is 0 Å². The van der Waals surface area contributed by atoms with E-state index < -0.39 is 5.97 Å². The van der Waals surface area contributed by atoms with Crippen LogP contribution in [-0.2, 0) is 16.1 Å². The monoisotopic (exact) mass is 379 g/mol. The highest BCUT2D eigenvalue weighted by Gasteiger charge is 2.18. The van der Waals surface area contributed by atoms with Gasteiger partial charge >= 0.3 is 5.97 Å². The van der Waals surface area contributed by atoms with Gasteiger partial charge in [-0.3, -0.25) is 4.79 Å². The van der Waals surface area contributed by atoms with Crippen LogP contribution in [0.1, 0.15) is 28.0 Å². The highest BCUT2D eigenvalue weighted by Crippen LogP contribution is 2.30. The Balaban J connectivity index is 1.65. The maximum absolute atomic E-state index is 12.3. The second-order valence-electron chi connectivity index (χ2n) is 4.85. The first kappa shape index (κ1) is 16.7. The highest BCUT2D eigenvalue weighted by atomic mass is 32.1. The van der Waals surface area contributed by atoms with E-state index in [4.69, 9.17) is 4.74 Å². The molecule has 24 heavy (non-hydrogen) atoms. The Labute approximate surface area is 150 Å². The number of nitrogens with zero attached hydrogens (tertiary/aromatic N) is 2. The van der Waals surface area contributed by atoms with Gasteiger partial charge in [0.05, 0.1) is 11.4 Å². The van der Waals surface area contributed by atoms with Crippen LogP contribution >= 0.6 is 34.0 Å². The fourth-order valence-corrected chi connectivity index (χ4v) is 4.29. The van der Waals surface area contributed by atoms with Crippen LogP contribution in [0.15, 0.2) is 22.2 Å². The van der Waals surface area contributed by atoms with Crippen LogP contribution < -0.4 is 5.32 Å². The van der Waals surface area contributed by atoms with Crippen molar-refractivity contribution in [2.45, 2.75) is 20.5 Å². The van der Waals surface area contributed by atoms with Crippen LogP contribution in [-0.4, -0.2) is 21.8 Å². The summed E-state index contributed by atoms with van der Waals surface area (Å²) >= 11 is 4.19. The van der Waals surface area contributed by atoms with Gasteiger partial charge in [0.25, 0.3) is 0 Å². The number of anilines is 1. The Bertz CT molecular complexity index is 868. The minimum absolute atomic E-state index is 0.0556. The molecule has 9 heteroatoms. The van der Waals surface area contributed by atoms with Crippen molar-refractivity contribution in [2.75, 3.05) is 5.32 Å². The quantitative estimate of drug-likeness (QED) is 0.679. The number of carbonyl (C=O) groups is 2. The summed E-state index contributed by atoms with van der Waals surface area (Å²) in [7, 11) is 0. The Morgan fingerprint density at radius 3 is 2.83 bits per heavy atom. The lowest BCUT2D eigenvalue weighted by atomic mass is 10.3. The molecule has 0 aliphatic heterocycles. The van der Waals surface area contributed by atoms with E-state index in [0.29, 0.717) is 21.4 Å². The van der Waals surface area contributed by atoms with Gasteiger partial charge in [-0.25, -0.2) is 14.8 Å². The second kappa shape index (κ2) is 7.20. The molecule has 3 rings (SSSR count). The number of thiazole rings is 2. The van der Waals surface area contributed by atoms with Crippen molar-refractivity contribution < 1.29 is 14.3 Å². The average Bonchev–Trinajstić information content (AvgIpc) is 3.24. The molecule has 0 unspecified atom stereocenters. The molecule has 0 fully saturated rings. The van der Waals surface area contributed by atoms with E-state index in [0.717, 1.165) is 10.6 Å². The van der Waals surface area contributed by atoms with E-state index in [1.807, 2.05) is 16.8 Å². The number of rotatable bonds is 5. The molecule has 0 radical (unpaired) electrons. The molecule has 0 atom stereocenters. The van der Waals surface area contributed by atoms with E-state index in [-0.39, 0.29) is 12.5 Å². The Hall–Kier alpha value is -2.10. The lowest BCUT2D eigenvalue weighted by Gasteiger charge is -2.01. The minimum atomic E-state index is -0.416. The van der Waals surface area contributed by atoms with E-state index in [2.05, 4.69) is 15.3 Å². The first-order valence-electron chi connectivity index (χ1n) is 6.92. The van der Waals surface area contributed by atoms with Gasteiger partial charge in [-0.1, -0.05) is 0 Å². The van der Waals surface area contributed by atoms with E-state index in [1.54, 1.807) is 23.6 Å². The van der Waals surface area contributed by atoms with Crippen molar-refractivity contribution in [1.82, 2.24) is 9.97 Å². The largest absolute Gasteiger partial charge is 0.455 e. The molecular weight excluding hydrogens is 366 g/mol. The van der Waals surface area contributed by atoms with Crippen molar-refractivity contribution in [3.8, 4) is 10.6 Å². The SMILES string of the molecule is CC(=O)Nc1nc(COC(=O)c2sc(-c3ccsc3)nc2C)cs1. The summed E-state index contributed by atoms with van der Waals surface area (Å²) < 4.78 is 5.31. The third-order valence-corrected chi connectivity index (χ3v) is 5.61. The van der Waals surface area contributed by atoms with Crippen LogP contribution in [0.4, 0.5) is 5.13 Å². The predicted molar refractivity (Wildman–Crippen MR) is 95.7 cm³/mol. The zero-order chi connectivity index (χ0) is 17.1. The molecule has 1 N–H and O–H groups in total. The normalized spacial score (nSPS) is 10.6. The molecule has 0 saturated carbocycles. The molecular formula is C15H13N3O3S3. The molecule has 3 aromatic heterocycles. The average molecular weight is 379 g/mol. The van der Waals surface area contributed by atoms with Gasteiger partial charge < -0.3 is 10.1 Å². The predicted octanol–water partition coefficient (Wildman–Crippen LogP) is 3.95. The second-order valence-corrected chi connectivity index (χ2v) is 7.48. The first-order chi connectivity index (χ1) is 11.5. The number of esters is 1. The minimum Gasteiger partial charge on any atom is -0.455 e. The van der Waals surface area contributed by atoms with Gasteiger partial charge in [0.1, 0.15) is 16.5 Å². The topological polar surface area (TPSA) is 81.2 Å². The Kier molecular flexibility index (Phi) is 5.03. The lowest BCUT2D eigenvalue weighted by molar-refractivity contribution is -0.114. The van der Waals surface area contributed by atoms with Crippen LogP contribution in [0.2, 0.25) is 0 Å². The Morgan fingerprint density at radius 1 is 1.29 bits per heavy atom. The van der Waals surface area contributed by atoms with Gasteiger partial charge in [0.15, 0.2) is 5.13 Å². The molecule has 6 nitrogen and oxygen atoms in total. The van der Waals surface area contributed by atoms with Crippen molar-refractivity contribution in [1.29, 1.82) is 0 Å². The standard InChI is InChI=1S/C15H13N3O3S3/c1-8-12(24-13(16-8)10-3-4-22-6-10)14(20)21-5-11-7-23-15(18-11)17-9(2)19/h3-4,6-7H,5H2,1-2H3,(H,17,18,19). The molecule has 0 aliphatic carbocycles. The molecule has 3 heterocycles. The lowest BCUT2D eigenvalue weighted by Crippen LogP contribution is -2.07. The number of amides is 1. The smallest absolute Gasteiger partial charge is 0.350 e. The number of hydrogen-bond donors (Lipinski definition) is 1. The Morgan fingerprint density at radius 2 is 2.12 bits per heavy atom. The van der Waals surface area contributed by atoms with Gasteiger partial charge in [0, 0.05) is 23.2 Å². The fraction of sp³-hybridized carbons (Fsp3) is 0.200. The van der Waals surface area contributed by atoms with Gasteiger partial charge in [0.2, 0.25) is 5.91 Å².